The van der Waals surface area contributed by atoms with Crippen LogP contribution >= 0.6 is 0 Å². The molecule has 1 aliphatic rings. The fourth-order valence-corrected chi connectivity index (χ4v) is 3.15. The number of likely N-dealkylation sites (tertiary alicyclic amines) is 1. The van der Waals surface area contributed by atoms with Crippen LogP contribution in [0, 0.1) is 10.1 Å². The summed E-state index contributed by atoms with van der Waals surface area (Å²) in [6, 6.07) is 3.23. The number of aromatic nitrogens is 3. The molecule has 1 saturated heterocycles. The van der Waals surface area contributed by atoms with Gasteiger partial charge in [-0.3, -0.25) is 14.9 Å². The summed E-state index contributed by atoms with van der Waals surface area (Å²) in [6.07, 6.45) is 3.02. The van der Waals surface area contributed by atoms with Crippen molar-refractivity contribution < 1.29 is 19.6 Å². The van der Waals surface area contributed by atoms with Gasteiger partial charge >= 0.3 is 5.97 Å². The Labute approximate surface area is 148 Å². The van der Waals surface area contributed by atoms with Crippen LogP contribution in [0.4, 0.5) is 5.69 Å². The second-order valence-electron chi connectivity index (χ2n) is 6.20. The summed E-state index contributed by atoms with van der Waals surface area (Å²) in [6.45, 7) is 0.920. The van der Waals surface area contributed by atoms with Crippen molar-refractivity contribution in [1.29, 1.82) is 0 Å². The summed E-state index contributed by atoms with van der Waals surface area (Å²) >= 11 is 0. The van der Waals surface area contributed by atoms with Crippen LogP contribution in [0.3, 0.4) is 0 Å². The maximum absolute atomic E-state index is 12.7. The third-order valence-electron chi connectivity index (χ3n) is 4.52. The van der Waals surface area contributed by atoms with Gasteiger partial charge in [0, 0.05) is 43.8 Å². The van der Waals surface area contributed by atoms with Crippen LogP contribution in [0.2, 0.25) is 0 Å². The highest BCUT2D eigenvalue weighted by molar-refractivity contribution is 5.98. The average Bonchev–Trinajstić information content (AvgIpc) is 3.06. The summed E-state index contributed by atoms with van der Waals surface area (Å²) in [7, 11) is 1.86. The second-order valence-corrected chi connectivity index (χ2v) is 6.20. The molecule has 1 fully saturated rings. The van der Waals surface area contributed by atoms with E-state index in [1.807, 2.05) is 11.6 Å². The van der Waals surface area contributed by atoms with Crippen LogP contribution in [-0.4, -0.2) is 54.7 Å². The van der Waals surface area contributed by atoms with E-state index in [9.17, 15) is 19.7 Å². The normalized spacial score (nSPS) is 15.0. The lowest BCUT2D eigenvalue weighted by atomic mass is 9.95. The van der Waals surface area contributed by atoms with E-state index in [4.69, 9.17) is 5.11 Å². The Morgan fingerprint density at radius 3 is 2.42 bits per heavy atom. The molecule has 26 heavy (non-hydrogen) atoms. The number of carboxylic acids is 1. The maximum Gasteiger partial charge on any atom is 0.335 e. The predicted octanol–water partition coefficient (Wildman–Crippen LogP) is 1.44. The summed E-state index contributed by atoms with van der Waals surface area (Å²) in [5.74, 6) is -0.678. The number of carbonyl (C=O) groups is 2. The Hall–Kier alpha value is -3.30. The quantitative estimate of drug-likeness (QED) is 0.645. The van der Waals surface area contributed by atoms with Crippen molar-refractivity contribution in [2.75, 3.05) is 13.1 Å². The van der Waals surface area contributed by atoms with Crippen molar-refractivity contribution >= 4 is 17.6 Å². The van der Waals surface area contributed by atoms with Gasteiger partial charge in [0.2, 0.25) is 0 Å². The van der Waals surface area contributed by atoms with Crippen molar-refractivity contribution in [3.05, 3.63) is 51.6 Å². The third-order valence-corrected chi connectivity index (χ3v) is 4.52. The van der Waals surface area contributed by atoms with Gasteiger partial charge in [-0.2, -0.15) is 0 Å². The molecule has 0 spiro atoms. The highest BCUT2D eigenvalue weighted by Gasteiger charge is 2.28. The van der Waals surface area contributed by atoms with E-state index in [0.717, 1.165) is 18.0 Å². The molecule has 1 N–H and O–H groups in total. The van der Waals surface area contributed by atoms with Gasteiger partial charge in [-0.15, -0.1) is 10.2 Å². The molecule has 1 aliphatic heterocycles. The Morgan fingerprint density at radius 2 is 1.88 bits per heavy atom. The molecule has 10 nitrogen and oxygen atoms in total. The standard InChI is InChI=1S/C16H17N5O5/c1-19-9-17-18-14(19)10-2-4-20(5-3-10)15(22)11-6-12(16(23)24)8-13(7-11)21(25)26/h6-10H,2-5H2,1H3,(H,23,24). The molecule has 0 aliphatic carbocycles. The molecule has 3 rings (SSSR count). The number of benzene rings is 1. The third kappa shape index (κ3) is 3.39. The van der Waals surface area contributed by atoms with E-state index in [0.29, 0.717) is 25.9 Å². The topological polar surface area (TPSA) is 131 Å². The summed E-state index contributed by atoms with van der Waals surface area (Å²) < 4.78 is 1.85. The van der Waals surface area contributed by atoms with Crippen LogP contribution < -0.4 is 0 Å². The first-order valence-electron chi connectivity index (χ1n) is 8.02. The Bertz CT molecular complexity index is 837. The lowest BCUT2D eigenvalue weighted by molar-refractivity contribution is -0.384. The summed E-state index contributed by atoms with van der Waals surface area (Å²) in [5.41, 5.74) is -0.688. The minimum absolute atomic E-state index is 0.00806. The fraction of sp³-hybridized carbons (Fsp3) is 0.375. The molecule has 0 bridgehead atoms. The smallest absolute Gasteiger partial charge is 0.335 e. The van der Waals surface area contributed by atoms with Gasteiger partial charge in [0.05, 0.1) is 10.5 Å². The predicted molar refractivity (Wildman–Crippen MR) is 88.9 cm³/mol. The summed E-state index contributed by atoms with van der Waals surface area (Å²) in [5, 5.41) is 28.1. The number of carboxylic acid groups (broad SMARTS) is 1. The molecule has 0 unspecified atom stereocenters. The number of aromatic carboxylic acids is 1. The van der Waals surface area contributed by atoms with Gasteiger partial charge in [0.1, 0.15) is 12.2 Å². The number of amides is 1. The number of nitro groups is 1. The second kappa shape index (κ2) is 6.90. The molecule has 0 atom stereocenters. The lowest BCUT2D eigenvalue weighted by Crippen LogP contribution is -2.38. The zero-order valence-electron chi connectivity index (χ0n) is 14.0. The minimum Gasteiger partial charge on any atom is -0.478 e. The highest BCUT2D eigenvalue weighted by Crippen LogP contribution is 2.27. The van der Waals surface area contributed by atoms with Crippen molar-refractivity contribution in [2.45, 2.75) is 18.8 Å². The van der Waals surface area contributed by atoms with Crippen molar-refractivity contribution in [1.82, 2.24) is 19.7 Å². The molecule has 1 aromatic carbocycles. The maximum atomic E-state index is 12.7. The zero-order chi connectivity index (χ0) is 18.8. The Morgan fingerprint density at radius 1 is 1.23 bits per heavy atom. The monoisotopic (exact) mass is 359 g/mol. The first-order chi connectivity index (χ1) is 12.4. The molecule has 2 aromatic rings. The van der Waals surface area contributed by atoms with E-state index in [1.54, 1.807) is 11.2 Å². The van der Waals surface area contributed by atoms with Gasteiger partial charge in [-0.25, -0.2) is 4.79 Å². The van der Waals surface area contributed by atoms with Crippen LogP contribution in [0.25, 0.3) is 0 Å². The SMILES string of the molecule is Cn1cnnc1C1CCN(C(=O)c2cc(C(=O)O)cc([N+](=O)[O-])c2)CC1. The van der Waals surface area contributed by atoms with Crippen LogP contribution in [0.1, 0.15) is 45.3 Å². The van der Waals surface area contributed by atoms with E-state index in [2.05, 4.69) is 10.2 Å². The van der Waals surface area contributed by atoms with E-state index in [-0.39, 0.29) is 17.0 Å². The first kappa shape index (κ1) is 17.5. The largest absolute Gasteiger partial charge is 0.478 e. The van der Waals surface area contributed by atoms with Crippen molar-refractivity contribution in [2.24, 2.45) is 7.05 Å². The number of nitro benzene ring substituents is 1. The number of rotatable bonds is 4. The number of aryl methyl sites for hydroxylation is 1. The summed E-state index contributed by atoms with van der Waals surface area (Å²) in [4.78, 5) is 35.7. The van der Waals surface area contributed by atoms with Gasteiger partial charge in [0.25, 0.3) is 11.6 Å². The number of nitrogens with zero attached hydrogens (tertiary/aromatic N) is 5. The number of piperidine rings is 1. The van der Waals surface area contributed by atoms with Crippen LogP contribution in [0.5, 0.6) is 0 Å². The fourth-order valence-electron chi connectivity index (χ4n) is 3.15. The van der Waals surface area contributed by atoms with Crippen molar-refractivity contribution in [3.63, 3.8) is 0 Å². The number of carbonyl (C=O) groups excluding carboxylic acids is 1. The number of hydrogen-bond donors (Lipinski definition) is 1. The molecule has 0 saturated carbocycles. The molecule has 10 heteroatoms. The van der Waals surface area contributed by atoms with Gasteiger partial charge in [0.15, 0.2) is 0 Å². The van der Waals surface area contributed by atoms with E-state index >= 15 is 0 Å². The van der Waals surface area contributed by atoms with Crippen LogP contribution in [-0.2, 0) is 7.05 Å². The minimum atomic E-state index is -1.32. The first-order valence-corrected chi connectivity index (χ1v) is 8.02. The van der Waals surface area contributed by atoms with Gasteiger partial charge in [-0.05, 0) is 18.9 Å². The lowest BCUT2D eigenvalue weighted by Gasteiger charge is -2.31. The Balaban J connectivity index is 1.77. The molecular formula is C16H17N5O5. The highest BCUT2D eigenvalue weighted by atomic mass is 16.6. The van der Waals surface area contributed by atoms with Gasteiger partial charge < -0.3 is 14.6 Å². The van der Waals surface area contributed by atoms with E-state index < -0.39 is 22.5 Å². The Kier molecular flexibility index (Phi) is 4.65. The number of hydrogen-bond acceptors (Lipinski definition) is 6. The van der Waals surface area contributed by atoms with Gasteiger partial charge in [-0.1, -0.05) is 0 Å². The molecule has 2 heterocycles. The zero-order valence-corrected chi connectivity index (χ0v) is 14.0. The van der Waals surface area contributed by atoms with Crippen molar-refractivity contribution in [3.8, 4) is 0 Å². The molecular weight excluding hydrogens is 342 g/mol. The van der Waals surface area contributed by atoms with E-state index in [1.165, 1.54) is 6.07 Å². The molecule has 1 amide bonds. The molecule has 1 aromatic heterocycles. The van der Waals surface area contributed by atoms with Crippen LogP contribution in [0.15, 0.2) is 24.5 Å². The average molecular weight is 359 g/mol. The molecule has 136 valence electrons. The molecule has 0 radical (unpaired) electrons. The number of non-ortho nitro benzene ring substituents is 1.